The molecule has 2 aliphatic rings. The first kappa shape index (κ1) is 20.4. The van der Waals surface area contributed by atoms with Gasteiger partial charge < -0.3 is 5.11 Å². The number of carboxylic acid groups (broad SMARTS) is 1. The third kappa shape index (κ3) is 4.49. The van der Waals surface area contributed by atoms with Crippen LogP contribution < -0.4 is 0 Å². The topological polar surface area (TPSA) is 70.0 Å². The Balaban J connectivity index is 1.66. The van der Waals surface area contributed by atoms with E-state index < -0.39 is 5.97 Å². The van der Waals surface area contributed by atoms with Gasteiger partial charge in [0.05, 0.1) is 23.3 Å². The molecule has 0 saturated heterocycles. The van der Waals surface area contributed by atoms with Crippen LogP contribution in [0, 0.1) is 5.92 Å². The van der Waals surface area contributed by atoms with E-state index in [2.05, 4.69) is 18.2 Å². The molecule has 0 unspecified atom stereocenters. The van der Waals surface area contributed by atoms with Crippen molar-refractivity contribution in [3.63, 3.8) is 0 Å². The highest BCUT2D eigenvalue weighted by molar-refractivity contribution is 8.00. The van der Waals surface area contributed by atoms with Gasteiger partial charge >= 0.3 is 5.97 Å². The van der Waals surface area contributed by atoms with Crippen molar-refractivity contribution >= 4 is 35.4 Å². The Kier molecular flexibility index (Phi) is 6.33. The average molecular weight is 421 g/mol. The Morgan fingerprint density at radius 1 is 1.07 bits per heavy atom. The Bertz CT molecular complexity index is 972. The number of benzene rings is 2. The molecule has 0 bridgehead atoms. The minimum atomic E-state index is -0.915. The summed E-state index contributed by atoms with van der Waals surface area (Å²) in [4.78, 5) is 23.8. The Morgan fingerprint density at radius 2 is 1.77 bits per heavy atom. The summed E-state index contributed by atoms with van der Waals surface area (Å²) >= 11 is 1.12. The molecule has 2 aromatic rings. The molecule has 5 nitrogen and oxygen atoms in total. The molecule has 0 spiro atoms. The second-order valence-electron chi connectivity index (χ2n) is 7.54. The molecule has 0 aromatic heterocycles. The zero-order valence-electron chi connectivity index (χ0n) is 16.6. The largest absolute Gasteiger partial charge is 0.481 e. The van der Waals surface area contributed by atoms with Crippen LogP contribution in [0.4, 0.5) is 0 Å². The predicted molar refractivity (Wildman–Crippen MR) is 120 cm³/mol. The van der Waals surface area contributed by atoms with E-state index in [4.69, 9.17) is 10.2 Å². The molecule has 1 amide bonds. The summed E-state index contributed by atoms with van der Waals surface area (Å²) in [5, 5.41) is 15.3. The van der Waals surface area contributed by atoms with Gasteiger partial charge in [-0.15, -0.1) is 11.8 Å². The monoisotopic (exact) mass is 420 g/mol. The number of aliphatic carboxylic acids is 1. The van der Waals surface area contributed by atoms with Gasteiger partial charge in [0.1, 0.15) is 0 Å². The van der Waals surface area contributed by atoms with Crippen LogP contribution in [0.5, 0.6) is 0 Å². The highest BCUT2D eigenvalue weighted by atomic mass is 32.2. The minimum absolute atomic E-state index is 0.0885. The fourth-order valence-electron chi connectivity index (χ4n) is 4.23. The molecule has 154 valence electrons. The van der Waals surface area contributed by atoms with Crippen molar-refractivity contribution in [3.8, 4) is 0 Å². The molecular formula is C24H24N2O3S. The molecule has 2 atom stereocenters. The smallest absolute Gasteiger partial charge is 0.313 e. The molecule has 0 radical (unpaired) electrons. The molecular weight excluding hydrogens is 396 g/mol. The van der Waals surface area contributed by atoms with Gasteiger partial charge in [-0.25, -0.2) is 5.01 Å². The molecule has 30 heavy (non-hydrogen) atoms. The first-order valence-electron chi connectivity index (χ1n) is 10.1. The zero-order chi connectivity index (χ0) is 20.9. The molecule has 1 N–H and O–H groups in total. The lowest BCUT2D eigenvalue weighted by atomic mass is 9.77. The maximum absolute atomic E-state index is 13.0. The predicted octanol–water partition coefficient (Wildman–Crippen LogP) is 4.63. The van der Waals surface area contributed by atoms with Crippen LogP contribution in [0.25, 0.3) is 6.08 Å². The van der Waals surface area contributed by atoms with Crippen molar-refractivity contribution in [2.45, 2.75) is 25.3 Å². The maximum atomic E-state index is 13.0. The van der Waals surface area contributed by atoms with E-state index in [9.17, 15) is 9.59 Å². The van der Waals surface area contributed by atoms with E-state index in [1.54, 1.807) is 5.01 Å². The van der Waals surface area contributed by atoms with Crippen LogP contribution in [0.1, 0.15) is 36.4 Å². The number of rotatable bonds is 6. The van der Waals surface area contributed by atoms with Gasteiger partial charge in [-0.2, -0.15) is 5.10 Å². The normalized spacial score (nSPS) is 21.9. The Labute approximate surface area is 180 Å². The van der Waals surface area contributed by atoms with E-state index in [1.807, 2.05) is 48.5 Å². The summed E-state index contributed by atoms with van der Waals surface area (Å²) in [6, 6.07) is 20.1. The van der Waals surface area contributed by atoms with Gasteiger partial charge in [0, 0.05) is 5.92 Å². The van der Waals surface area contributed by atoms with Gasteiger partial charge in [-0.1, -0.05) is 60.7 Å². The lowest BCUT2D eigenvalue weighted by Crippen LogP contribution is -2.33. The van der Waals surface area contributed by atoms with Crippen LogP contribution in [-0.4, -0.2) is 39.2 Å². The van der Waals surface area contributed by atoms with Gasteiger partial charge in [-0.05, 0) is 42.0 Å². The van der Waals surface area contributed by atoms with E-state index in [0.29, 0.717) is 0 Å². The molecule has 1 aliphatic carbocycles. The fourth-order valence-corrected chi connectivity index (χ4v) is 4.82. The second-order valence-corrected chi connectivity index (χ2v) is 8.53. The number of fused-ring (bicyclic) bond motifs is 1. The first-order valence-corrected chi connectivity index (χ1v) is 11.3. The van der Waals surface area contributed by atoms with Crippen LogP contribution >= 0.6 is 11.8 Å². The SMILES string of the molecule is O=C(O)CSCC(=O)N1N=C2/C(=C/c3ccccc3)CCC[C@H]2[C@H]1c1ccccc1. The molecule has 1 aliphatic heterocycles. The fraction of sp³-hybridized carbons (Fsp3) is 0.292. The summed E-state index contributed by atoms with van der Waals surface area (Å²) in [6.07, 6.45) is 5.17. The number of carbonyl (C=O) groups is 2. The molecule has 4 rings (SSSR count). The van der Waals surface area contributed by atoms with Crippen molar-refractivity contribution in [1.29, 1.82) is 0 Å². The van der Waals surface area contributed by atoms with Crippen LogP contribution in [-0.2, 0) is 9.59 Å². The number of amides is 1. The second kappa shape index (κ2) is 9.30. The van der Waals surface area contributed by atoms with Crippen molar-refractivity contribution in [2.75, 3.05) is 11.5 Å². The summed E-state index contributed by atoms with van der Waals surface area (Å²) < 4.78 is 0. The number of nitrogens with zero attached hydrogens (tertiary/aromatic N) is 2. The van der Waals surface area contributed by atoms with Crippen molar-refractivity contribution in [1.82, 2.24) is 5.01 Å². The Hall–Kier alpha value is -2.86. The van der Waals surface area contributed by atoms with Crippen molar-refractivity contribution in [2.24, 2.45) is 11.0 Å². The first-order chi connectivity index (χ1) is 14.6. The standard InChI is InChI=1S/C24H24N2O3S/c27-21(15-30-16-22(28)29)26-24(18-10-5-2-6-11-18)20-13-7-12-19(23(20)25-26)14-17-8-3-1-4-9-17/h1-6,8-11,14,20,24H,7,12-13,15-16H2,(H,28,29)/b19-14+/t20-,24-/m1/s1. The van der Waals surface area contributed by atoms with Crippen LogP contribution in [0.3, 0.4) is 0 Å². The maximum Gasteiger partial charge on any atom is 0.313 e. The highest BCUT2D eigenvalue weighted by Gasteiger charge is 2.43. The summed E-state index contributed by atoms with van der Waals surface area (Å²) in [5.41, 5.74) is 4.38. The number of hydrogen-bond donors (Lipinski definition) is 1. The lowest BCUT2D eigenvalue weighted by molar-refractivity contribution is -0.133. The summed E-state index contributed by atoms with van der Waals surface area (Å²) in [6.45, 7) is 0. The number of carboxylic acids is 1. The number of hydrazone groups is 1. The summed E-state index contributed by atoms with van der Waals surface area (Å²) in [7, 11) is 0. The lowest BCUT2D eigenvalue weighted by Gasteiger charge is -2.29. The van der Waals surface area contributed by atoms with Crippen molar-refractivity contribution < 1.29 is 14.7 Å². The number of hydrogen-bond acceptors (Lipinski definition) is 4. The third-order valence-electron chi connectivity index (χ3n) is 5.49. The van der Waals surface area contributed by atoms with Crippen LogP contribution in [0.15, 0.2) is 71.3 Å². The van der Waals surface area contributed by atoms with Gasteiger partial charge in [0.15, 0.2) is 0 Å². The zero-order valence-corrected chi connectivity index (χ0v) is 17.4. The molecule has 2 aromatic carbocycles. The molecule has 6 heteroatoms. The van der Waals surface area contributed by atoms with E-state index in [0.717, 1.165) is 47.9 Å². The highest BCUT2D eigenvalue weighted by Crippen LogP contribution is 2.44. The number of thioether (sulfide) groups is 1. The molecule has 1 fully saturated rings. The van der Waals surface area contributed by atoms with E-state index >= 15 is 0 Å². The molecule has 1 saturated carbocycles. The van der Waals surface area contributed by atoms with E-state index in [1.165, 1.54) is 5.57 Å². The van der Waals surface area contributed by atoms with Crippen molar-refractivity contribution in [3.05, 3.63) is 77.4 Å². The molecule has 1 heterocycles. The average Bonchev–Trinajstić information content (AvgIpc) is 3.15. The van der Waals surface area contributed by atoms with Crippen LogP contribution in [0.2, 0.25) is 0 Å². The Morgan fingerprint density at radius 3 is 2.47 bits per heavy atom. The number of carbonyl (C=O) groups excluding carboxylic acids is 1. The van der Waals surface area contributed by atoms with Gasteiger partial charge in [0.2, 0.25) is 0 Å². The van der Waals surface area contributed by atoms with E-state index in [-0.39, 0.29) is 29.4 Å². The van der Waals surface area contributed by atoms with Gasteiger partial charge in [-0.3, -0.25) is 9.59 Å². The third-order valence-corrected chi connectivity index (χ3v) is 6.39. The number of allylic oxidation sites excluding steroid dienone is 1. The van der Waals surface area contributed by atoms with Gasteiger partial charge in [0.25, 0.3) is 5.91 Å². The quantitative estimate of drug-likeness (QED) is 0.740. The minimum Gasteiger partial charge on any atom is -0.481 e. The summed E-state index contributed by atoms with van der Waals surface area (Å²) in [5.74, 6) is -0.881.